The first kappa shape index (κ1) is 17.9. The summed E-state index contributed by atoms with van der Waals surface area (Å²) in [6.45, 7) is -0.142. The minimum atomic E-state index is -0.532. The van der Waals surface area contributed by atoms with Crippen molar-refractivity contribution in [3.63, 3.8) is 0 Å². The fourth-order valence-electron chi connectivity index (χ4n) is 1.14. The third-order valence-corrected chi connectivity index (χ3v) is 2.28. The molecule has 0 fully saturated rings. The first-order valence-corrected chi connectivity index (χ1v) is 6.22. The van der Waals surface area contributed by atoms with Gasteiger partial charge in [0, 0.05) is 26.9 Å². The summed E-state index contributed by atoms with van der Waals surface area (Å²) in [7, 11) is 2.96. The highest BCUT2D eigenvalue weighted by Crippen LogP contribution is 1.95. The van der Waals surface area contributed by atoms with Gasteiger partial charge in [0.15, 0.2) is 0 Å². The van der Waals surface area contributed by atoms with Crippen molar-refractivity contribution >= 4 is 23.8 Å². The Hall–Kier alpha value is -2.12. The predicted octanol–water partition coefficient (Wildman–Crippen LogP) is -0.875. The summed E-state index contributed by atoms with van der Waals surface area (Å²) in [4.78, 5) is 44.1. The van der Waals surface area contributed by atoms with Crippen LogP contribution in [0.3, 0.4) is 0 Å². The van der Waals surface area contributed by atoms with Crippen LogP contribution >= 0.6 is 0 Å². The van der Waals surface area contributed by atoms with Gasteiger partial charge >= 0.3 is 11.9 Å². The summed E-state index contributed by atoms with van der Waals surface area (Å²) < 4.78 is 9.52. The molecule has 0 bridgehead atoms. The maximum Gasteiger partial charge on any atom is 0.306 e. The SMILES string of the molecule is CNC(=O)CCC(=O)OCCOC(=O)CCC(=O)NC. The average Bonchev–Trinajstić information content (AvgIpc) is 2.46. The summed E-state index contributed by atoms with van der Waals surface area (Å²) in [5, 5.41) is 4.76. The summed E-state index contributed by atoms with van der Waals surface area (Å²) >= 11 is 0. The van der Waals surface area contributed by atoms with Gasteiger partial charge in [0.25, 0.3) is 0 Å². The molecule has 0 saturated heterocycles. The van der Waals surface area contributed by atoms with E-state index in [1.165, 1.54) is 14.1 Å². The van der Waals surface area contributed by atoms with Crippen molar-refractivity contribution in [2.45, 2.75) is 25.7 Å². The molecule has 2 N–H and O–H groups in total. The second-order valence-electron chi connectivity index (χ2n) is 3.79. The van der Waals surface area contributed by atoms with Gasteiger partial charge in [-0.05, 0) is 0 Å². The van der Waals surface area contributed by atoms with Crippen LogP contribution in [-0.4, -0.2) is 51.1 Å². The minimum Gasteiger partial charge on any atom is -0.462 e. The molecule has 0 aliphatic carbocycles. The lowest BCUT2D eigenvalue weighted by Crippen LogP contribution is -2.21. The van der Waals surface area contributed by atoms with Crippen molar-refractivity contribution in [1.29, 1.82) is 0 Å². The summed E-state index contributed by atoms with van der Waals surface area (Å²) in [5.74, 6) is -1.56. The number of esters is 2. The van der Waals surface area contributed by atoms with Gasteiger partial charge in [0.2, 0.25) is 11.8 Å². The Morgan fingerprint density at radius 2 is 1.05 bits per heavy atom. The van der Waals surface area contributed by atoms with Gasteiger partial charge in [-0.25, -0.2) is 0 Å². The van der Waals surface area contributed by atoms with Crippen LogP contribution in [0.2, 0.25) is 0 Å². The van der Waals surface area contributed by atoms with E-state index < -0.39 is 11.9 Å². The van der Waals surface area contributed by atoms with Gasteiger partial charge in [-0.1, -0.05) is 0 Å². The molecule has 0 aromatic rings. The zero-order valence-electron chi connectivity index (χ0n) is 11.7. The van der Waals surface area contributed by atoms with Crippen molar-refractivity contribution < 1.29 is 28.7 Å². The molecule has 8 nitrogen and oxygen atoms in total. The van der Waals surface area contributed by atoms with Crippen LogP contribution in [0.25, 0.3) is 0 Å². The van der Waals surface area contributed by atoms with E-state index in [1.54, 1.807) is 0 Å². The van der Waals surface area contributed by atoms with E-state index in [1.807, 2.05) is 0 Å². The van der Waals surface area contributed by atoms with E-state index in [0.717, 1.165) is 0 Å². The van der Waals surface area contributed by atoms with Crippen LogP contribution in [-0.2, 0) is 28.7 Å². The van der Waals surface area contributed by atoms with Gasteiger partial charge in [-0.2, -0.15) is 0 Å². The first-order valence-electron chi connectivity index (χ1n) is 6.22. The lowest BCUT2D eigenvalue weighted by Gasteiger charge is -2.06. The molecule has 0 radical (unpaired) electrons. The topological polar surface area (TPSA) is 111 Å². The fourth-order valence-corrected chi connectivity index (χ4v) is 1.14. The molecule has 0 atom stereocenters. The number of carbonyl (C=O) groups excluding carboxylic acids is 4. The monoisotopic (exact) mass is 288 g/mol. The van der Waals surface area contributed by atoms with Crippen LogP contribution in [0.5, 0.6) is 0 Å². The third kappa shape index (κ3) is 9.86. The molecule has 0 spiro atoms. The van der Waals surface area contributed by atoms with Gasteiger partial charge in [0.05, 0.1) is 12.8 Å². The standard InChI is InChI=1S/C12H20N2O6/c1-13-9(15)3-5-11(17)19-7-8-20-12(18)6-4-10(16)14-2/h3-8H2,1-2H3,(H,13,15)(H,14,16). The van der Waals surface area contributed by atoms with Gasteiger partial charge < -0.3 is 20.1 Å². The molecule has 0 aliphatic rings. The van der Waals surface area contributed by atoms with E-state index in [-0.39, 0.29) is 50.7 Å². The normalized spacial score (nSPS) is 9.50. The lowest BCUT2D eigenvalue weighted by atomic mass is 10.3. The third-order valence-electron chi connectivity index (χ3n) is 2.28. The highest BCUT2D eigenvalue weighted by atomic mass is 16.6. The van der Waals surface area contributed by atoms with Gasteiger partial charge in [0.1, 0.15) is 13.2 Å². The largest absolute Gasteiger partial charge is 0.462 e. The number of hydrogen-bond acceptors (Lipinski definition) is 6. The van der Waals surface area contributed by atoms with E-state index in [2.05, 4.69) is 10.6 Å². The number of ether oxygens (including phenoxy) is 2. The summed E-state index contributed by atoms with van der Waals surface area (Å²) in [6, 6.07) is 0. The maximum absolute atomic E-state index is 11.2. The van der Waals surface area contributed by atoms with Crippen LogP contribution in [0.4, 0.5) is 0 Å². The molecule has 114 valence electrons. The van der Waals surface area contributed by atoms with E-state index in [0.29, 0.717) is 0 Å². The molecule has 0 heterocycles. The van der Waals surface area contributed by atoms with Crippen LogP contribution in [0, 0.1) is 0 Å². The molecule has 0 aliphatic heterocycles. The Balaban J connectivity index is 3.55. The first-order chi connectivity index (χ1) is 9.49. The second-order valence-corrected chi connectivity index (χ2v) is 3.79. The van der Waals surface area contributed by atoms with Crippen LogP contribution in [0.15, 0.2) is 0 Å². The Morgan fingerprint density at radius 3 is 1.35 bits per heavy atom. The van der Waals surface area contributed by atoms with Crippen LogP contribution < -0.4 is 10.6 Å². The molecule has 0 unspecified atom stereocenters. The second kappa shape index (κ2) is 10.8. The van der Waals surface area contributed by atoms with Gasteiger partial charge in [-0.3, -0.25) is 19.2 Å². The number of carbonyl (C=O) groups is 4. The molecular formula is C12H20N2O6. The van der Waals surface area contributed by atoms with E-state index in [9.17, 15) is 19.2 Å². The smallest absolute Gasteiger partial charge is 0.306 e. The number of hydrogen-bond donors (Lipinski definition) is 2. The fraction of sp³-hybridized carbons (Fsp3) is 0.667. The van der Waals surface area contributed by atoms with Crippen molar-refractivity contribution in [3.8, 4) is 0 Å². The van der Waals surface area contributed by atoms with E-state index in [4.69, 9.17) is 9.47 Å². The number of nitrogens with one attached hydrogen (secondary N) is 2. The number of amides is 2. The maximum atomic E-state index is 11.2. The van der Waals surface area contributed by atoms with E-state index >= 15 is 0 Å². The molecule has 2 amide bonds. The molecule has 0 saturated carbocycles. The lowest BCUT2D eigenvalue weighted by molar-refractivity contribution is -0.153. The van der Waals surface area contributed by atoms with Crippen molar-refractivity contribution in [1.82, 2.24) is 10.6 Å². The average molecular weight is 288 g/mol. The zero-order valence-corrected chi connectivity index (χ0v) is 11.7. The Morgan fingerprint density at radius 1 is 0.700 bits per heavy atom. The molecule has 0 aromatic heterocycles. The predicted molar refractivity (Wildman–Crippen MR) is 68.5 cm³/mol. The number of rotatable bonds is 9. The molecule has 20 heavy (non-hydrogen) atoms. The molecule has 8 heteroatoms. The van der Waals surface area contributed by atoms with Gasteiger partial charge in [-0.15, -0.1) is 0 Å². The zero-order chi connectivity index (χ0) is 15.4. The Kier molecular flexibility index (Phi) is 9.63. The Labute approximate surface area is 117 Å². The van der Waals surface area contributed by atoms with Crippen molar-refractivity contribution in [2.24, 2.45) is 0 Å². The summed E-state index contributed by atoms with van der Waals surface area (Å²) in [6.07, 6.45) is 0.0666. The molecule has 0 rings (SSSR count). The quantitative estimate of drug-likeness (QED) is 0.421. The van der Waals surface area contributed by atoms with Crippen molar-refractivity contribution in [3.05, 3.63) is 0 Å². The highest BCUT2D eigenvalue weighted by Gasteiger charge is 2.08. The highest BCUT2D eigenvalue weighted by molar-refractivity contribution is 5.81. The van der Waals surface area contributed by atoms with Crippen LogP contribution in [0.1, 0.15) is 25.7 Å². The molecule has 0 aromatic carbocycles. The Bertz CT molecular complexity index is 322. The summed E-state index contributed by atoms with van der Waals surface area (Å²) in [5.41, 5.74) is 0. The van der Waals surface area contributed by atoms with Crippen molar-refractivity contribution in [2.75, 3.05) is 27.3 Å². The molecular weight excluding hydrogens is 268 g/mol. The minimum absolute atomic E-state index is 0.0235.